The Hall–Kier alpha value is -2.77. The van der Waals surface area contributed by atoms with Gasteiger partial charge in [-0.3, -0.25) is 14.6 Å². The van der Waals surface area contributed by atoms with Gasteiger partial charge in [-0.2, -0.15) is 0 Å². The monoisotopic (exact) mass is 429 g/mol. The minimum atomic E-state index is -0.132. The van der Waals surface area contributed by atoms with Gasteiger partial charge in [-0.25, -0.2) is 0 Å². The molecule has 1 atom stereocenters. The number of carbonyl (C=O) groups excluding carboxylic acids is 2. The molecule has 170 valence electrons. The van der Waals surface area contributed by atoms with Gasteiger partial charge < -0.3 is 25.6 Å². The maximum Gasteiger partial charge on any atom is 0.251 e. The molecule has 3 rings (SSSR count). The van der Waals surface area contributed by atoms with E-state index in [4.69, 9.17) is 4.74 Å². The minimum Gasteiger partial charge on any atom is -0.497 e. The predicted molar refractivity (Wildman–Crippen MR) is 121 cm³/mol. The molecule has 1 aromatic rings. The molecule has 2 aliphatic rings. The molecule has 0 aromatic heterocycles. The fraction of sp³-hybridized carbons (Fsp3) is 0.609. The van der Waals surface area contributed by atoms with Crippen molar-refractivity contribution in [1.82, 2.24) is 20.9 Å². The lowest BCUT2D eigenvalue weighted by atomic mass is 10.1. The van der Waals surface area contributed by atoms with Crippen LogP contribution in [0, 0.1) is 5.92 Å². The second-order valence-electron chi connectivity index (χ2n) is 8.14. The number of rotatable bonds is 8. The number of benzene rings is 1. The Bertz CT molecular complexity index is 759. The van der Waals surface area contributed by atoms with Gasteiger partial charge in [-0.1, -0.05) is 12.8 Å². The highest BCUT2D eigenvalue weighted by Crippen LogP contribution is 2.27. The van der Waals surface area contributed by atoms with Gasteiger partial charge in [-0.15, -0.1) is 0 Å². The minimum absolute atomic E-state index is 0.132. The number of nitrogens with one attached hydrogen (secondary N) is 3. The summed E-state index contributed by atoms with van der Waals surface area (Å²) >= 11 is 0. The van der Waals surface area contributed by atoms with Crippen LogP contribution in [-0.2, 0) is 4.79 Å². The first kappa shape index (κ1) is 22.9. The molecular weight excluding hydrogens is 394 g/mol. The number of likely N-dealkylation sites (tertiary alicyclic amines) is 1. The third-order valence-electron chi connectivity index (χ3n) is 5.91. The number of methoxy groups -OCH3 is 1. The van der Waals surface area contributed by atoms with Crippen molar-refractivity contribution in [1.29, 1.82) is 0 Å². The molecule has 1 saturated carbocycles. The lowest BCUT2D eigenvalue weighted by Crippen LogP contribution is -2.45. The van der Waals surface area contributed by atoms with Crippen molar-refractivity contribution in [3.63, 3.8) is 0 Å². The smallest absolute Gasteiger partial charge is 0.251 e. The molecule has 1 aliphatic heterocycles. The SMILES string of the molecule is CCNC(=NCCNC(=O)c1ccc(OC)cc1)NC1CCN(C(=O)C2CCCC2)C1. The maximum absolute atomic E-state index is 12.6. The molecule has 0 spiro atoms. The van der Waals surface area contributed by atoms with Crippen molar-refractivity contribution in [2.75, 3.05) is 39.8 Å². The Morgan fingerprint density at radius 2 is 1.87 bits per heavy atom. The molecule has 1 aliphatic carbocycles. The Morgan fingerprint density at radius 1 is 1.13 bits per heavy atom. The molecule has 0 radical (unpaired) electrons. The van der Waals surface area contributed by atoms with Crippen LogP contribution in [0.15, 0.2) is 29.3 Å². The summed E-state index contributed by atoms with van der Waals surface area (Å²) in [4.78, 5) is 31.5. The van der Waals surface area contributed by atoms with Gasteiger partial charge in [0.15, 0.2) is 5.96 Å². The zero-order valence-electron chi connectivity index (χ0n) is 18.7. The van der Waals surface area contributed by atoms with E-state index in [1.54, 1.807) is 31.4 Å². The molecule has 1 saturated heterocycles. The van der Waals surface area contributed by atoms with Crippen LogP contribution in [0.2, 0.25) is 0 Å². The Labute approximate surface area is 184 Å². The summed E-state index contributed by atoms with van der Waals surface area (Å²) in [5.74, 6) is 1.87. The number of amides is 2. The zero-order chi connectivity index (χ0) is 22.1. The van der Waals surface area contributed by atoms with E-state index in [-0.39, 0.29) is 17.9 Å². The maximum atomic E-state index is 12.6. The Kier molecular flexibility index (Phi) is 8.55. The highest BCUT2D eigenvalue weighted by Gasteiger charge is 2.32. The standard InChI is InChI=1S/C23H35N5O3/c1-3-24-23(26-14-13-25-21(29)17-8-10-20(31-2)11-9-17)27-19-12-15-28(16-19)22(30)18-6-4-5-7-18/h8-11,18-19H,3-7,12-16H2,1-2H3,(H,25,29)(H2,24,26,27). The number of aliphatic imine (C=N–C) groups is 1. The summed E-state index contributed by atoms with van der Waals surface area (Å²) in [7, 11) is 1.60. The molecule has 1 heterocycles. The first-order valence-corrected chi connectivity index (χ1v) is 11.4. The molecular formula is C23H35N5O3. The number of nitrogens with zero attached hydrogens (tertiary/aromatic N) is 2. The number of hydrogen-bond donors (Lipinski definition) is 3. The lowest BCUT2D eigenvalue weighted by Gasteiger charge is -2.21. The zero-order valence-corrected chi connectivity index (χ0v) is 18.7. The van der Waals surface area contributed by atoms with Gasteiger partial charge in [0.2, 0.25) is 5.91 Å². The third kappa shape index (κ3) is 6.60. The second-order valence-corrected chi connectivity index (χ2v) is 8.14. The van der Waals surface area contributed by atoms with Gasteiger partial charge in [0, 0.05) is 43.7 Å². The molecule has 1 aromatic carbocycles. The summed E-state index contributed by atoms with van der Waals surface area (Å²) in [6, 6.07) is 7.21. The van der Waals surface area contributed by atoms with Crippen LogP contribution in [0.25, 0.3) is 0 Å². The van der Waals surface area contributed by atoms with Crippen molar-refractivity contribution in [3.05, 3.63) is 29.8 Å². The van der Waals surface area contributed by atoms with Gasteiger partial charge >= 0.3 is 0 Å². The van der Waals surface area contributed by atoms with Crippen LogP contribution in [0.1, 0.15) is 49.4 Å². The number of guanidine groups is 1. The van der Waals surface area contributed by atoms with E-state index in [0.29, 0.717) is 24.6 Å². The quantitative estimate of drug-likeness (QED) is 0.333. The van der Waals surface area contributed by atoms with Crippen LogP contribution in [0.4, 0.5) is 0 Å². The Balaban J connectivity index is 1.43. The second kappa shape index (κ2) is 11.6. The van der Waals surface area contributed by atoms with Gasteiger partial charge in [0.25, 0.3) is 5.91 Å². The fourth-order valence-corrected chi connectivity index (χ4v) is 4.20. The van der Waals surface area contributed by atoms with E-state index < -0.39 is 0 Å². The summed E-state index contributed by atoms with van der Waals surface area (Å²) < 4.78 is 5.11. The van der Waals surface area contributed by atoms with Crippen molar-refractivity contribution >= 4 is 17.8 Å². The first-order valence-electron chi connectivity index (χ1n) is 11.4. The van der Waals surface area contributed by atoms with E-state index in [9.17, 15) is 9.59 Å². The summed E-state index contributed by atoms with van der Waals surface area (Å²) in [5, 5.41) is 9.58. The molecule has 3 N–H and O–H groups in total. The van der Waals surface area contributed by atoms with E-state index in [1.165, 1.54) is 12.8 Å². The molecule has 31 heavy (non-hydrogen) atoms. The third-order valence-corrected chi connectivity index (χ3v) is 5.91. The van der Waals surface area contributed by atoms with Crippen molar-refractivity contribution < 1.29 is 14.3 Å². The first-order chi connectivity index (χ1) is 15.1. The largest absolute Gasteiger partial charge is 0.497 e. The summed E-state index contributed by atoms with van der Waals surface area (Å²) in [5.41, 5.74) is 0.591. The lowest BCUT2D eigenvalue weighted by molar-refractivity contribution is -0.134. The number of ether oxygens (including phenoxy) is 1. The van der Waals surface area contributed by atoms with Crippen LogP contribution >= 0.6 is 0 Å². The number of hydrogen-bond acceptors (Lipinski definition) is 4. The van der Waals surface area contributed by atoms with Crippen LogP contribution in [-0.4, -0.2) is 68.5 Å². The van der Waals surface area contributed by atoms with E-state index in [0.717, 1.165) is 50.6 Å². The molecule has 2 fully saturated rings. The van der Waals surface area contributed by atoms with Gasteiger partial charge in [0.05, 0.1) is 13.7 Å². The average molecular weight is 430 g/mol. The van der Waals surface area contributed by atoms with Crippen molar-refractivity contribution in [3.8, 4) is 5.75 Å². The highest BCUT2D eigenvalue weighted by molar-refractivity contribution is 5.94. The molecule has 2 amide bonds. The fourth-order valence-electron chi connectivity index (χ4n) is 4.20. The van der Waals surface area contributed by atoms with Crippen molar-refractivity contribution in [2.24, 2.45) is 10.9 Å². The van der Waals surface area contributed by atoms with E-state index in [1.807, 2.05) is 11.8 Å². The predicted octanol–water partition coefficient (Wildman–Crippen LogP) is 1.77. The molecule has 1 unspecified atom stereocenters. The molecule has 8 nitrogen and oxygen atoms in total. The van der Waals surface area contributed by atoms with Crippen LogP contribution in [0.5, 0.6) is 5.75 Å². The van der Waals surface area contributed by atoms with E-state index >= 15 is 0 Å². The molecule has 8 heteroatoms. The summed E-state index contributed by atoms with van der Waals surface area (Å²) in [6.07, 6.45) is 5.37. The normalized spacial score (nSPS) is 19.4. The topological polar surface area (TPSA) is 95.1 Å². The van der Waals surface area contributed by atoms with Crippen LogP contribution < -0.4 is 20.7 Å². The summed E-state index contributed by atoms with van der Waals surface area (Å²) in [6.45, 7) is 5.22. The Morgan fingerprint density at radius 3 is 2.55 bits per heavy atom. The number of carbonyl (C=O) groups is 2. The van der Waals surface area contributed by atoms with Crippen molar-refractivity contribution in [2.45, 2.75) is 45.1 Å². The van der Waals surface area contributed by atoms with Crippen LogP contribution in [0.3, 0.4) is 0 Å². The van der Waals surface area contributed by atoms with Gasteiger partial charge in [0.1, 0.15) is 5.75 Å². The average Bonchev–Trinajstić information content (AvgIpc) is 3.49. The highest BCUT2D eigenvalue weighted by atomic mass is 16.5. The van der Waals surface area contributed by atoms with E-state index in [2.05, 4.69) is 20.9 Å². The molecule has 0 bridgehead atoms. The van der Waals surface area contributed by atoms with Gasteiger partial charge in [-0.05, 0) is 50.5 Å².